The Kier molecular flexibility index (Phi) is 7.06. The molecule has 2 heterocycles. The minimum absolute atomic E-state index is 0.0181. The van der Waals surface area contributed by atoms with Crippen LogP contribution in [-0.4, -0.2) is 59.3 Å². The molecular formula is C23H25N5O2S2. The lowest BCUT2D eigenvalue weighted by Crippen LogP contribution is -2.43. The van der Waals surface area contributed by atoms with Gasteiger partial charge in [0.15, 0.2) is 0 Å². The molecule has 1 N–H and O–H groups in total. The first kappa shape index (κ1) is 22.3. The number of nitrogens with zero attached hydrogens (tertiary/aromatic N) is 4. The molecule has 9 heteroatoms. The molecule has 1 aliphatic rings. The van der Waals surface area contributed by atoms with Gasteiger partial charge in [-0.1, -0.05) is 29.5 Å². The fourth-order valence-electron chi connectivity index (χ4n) is 3.56. The van der Waals surface area contributed by atoms with Crippen LogP contribution < -0.4 is 10.2 Å². The van der Waals surface area contributed by atoms with E-state index in [1.54, 1.807) is 4.90 Å². The maximum atomic E-state index is 12.9. The molecule has 0 radical (unpaired) electrons. The zero-order valence-corrected chi connectivity index (χ0v) is 19.7. The van der Waals surface area contributed by atoms with E-state index in [4.69, 9.17) is 0 Å². The molecule has 0 bridgehead atoms. The van der Waals surface area contributed by atoms with Crippen LogP contribution in [0.2, 0.25) is 0 Å². The van der Waals surface area contributed by atoms with E-state index in [1.165, 1.54) is 23.1 Å². The number of benzene rings is 2. The van der Waals surface area contributed by atoms with E-state index in [0.29, 0.717) is 23.8 Å². The Bertz CT molecular complexity index is 1070. The number of rotatable bonds is 7. The smallest absolute Gasteiger partial charge is 0.249 e. The number of anilines is 2. The van der Waals surface area contributed by atoms with E-state index >= 15 is 0 Å². The van der Waals surface area contributed by atoms with Crippen LogP contribution in [0.25, 0.3) is 10.6 Å². The minimum atomic E-state index is -0.467. The van der Waals surface area contributed by atoms with Gasteiger partial charge in [0, 0.05) is 36.8 Å². The Morgan fingerprint density at radius 3 is 2.59 bits per heavy atom. The van der Waals surface area contributed by atoms with Gasteiger partial charge in [0.2, 0.25) is 16.9 Å². The number of carbonyl (C=O) groups excluding carboxylic acids is 2. The van der Waals surface area contributed by atoms with Crippen molar-refractivity contribution in [3.8, 4) is 10.6 Å². The maximum Gasteiger partial charge on any atom is 0.249 e. The molecule has 3 aromatic rings. The average molecular weight is 468 g/mol. The third-order valence-electron chi connectivity index (χ3n) is 5.27. The normalized spacial score (nSPS) is 15.6. The fourth-order valence-corrected chi connectivity index (χ4v) is 5.12. The Morgan fingerprint density at radius 1 is 1.12 bits per heavy atom. The number of hydrogen-bond acceptors (Lipinski definition) is 7. The molecule has 0 spiro atoms. The van der Waals surface area contributed by atoms with Crippen molar-refractivity contribution >= 4 is 45.7 Å². The predicted octanol–water partition coefficient (Wildman–Crippen LogP) is 3.99. The Morgan fingerprint density at radius 2 is 1.88 bits per heavy atom. The SMILES string of the molecule is CN(C)c1ccc(-c2nnc(NC(=O)C3CCCN3C(=O)CSc3ccccc3)s2)cc1. The molecule has 1 aromatic heterocycles. The lowest BCUT2D eigenvalue weighted by molar-refractivity contribution is -0.134. The summed E-state index contributed by atoms with van der Waals surface area (Å²) in [4.78, 5) is 30.4. The number of thioether (sulfide) groups is 1. The number of hydrogen-bond donors (Lipinski definition) is 1. The molecule has 0 saturated carbocycles. The first-order valence-electron chi connectivity index (χ1n) is 10.4. The van der Waals surface area contributed by atoms with Gasteiger partial charge in [-0.3, -0.25) is 14.9 Å². The zero-order chi connectivity index (χ0) is 22.5. The number of likely N-dealkylation sites (tertiary alicyclic amines) is 1. The van der Waals surface area contributed by atoms with Crippen LogP contribution in [0.1, 0.15) is 12.8 Å². The van der Waals surface area contributed by atoms with Crippen molar-refractivity contribution in [1.29, 1.82) is 0 Å². The van der Waals surface area contributed by atoms with Gasteiger partial charge in [0.05, 0.1) is 5.75 Å². The van der Waals surface area contributed by atoms with E-state index in [1.807, 2.05) is 73.6 Å². The van der Waals surface area contributed by atoms with E-state index in [0.717, 1.165) is 27.6 Å². The molecule has 1 atom stereocenters. The van der Waals surface area contributed by atoms with E-state index < -0.39 is 6.04 Å². The van der Waals surface area contributed by atoms with Gasteiger partial charge >= 0.3 is 0 Å². The Labute approximate surface area is 195 Å². The van der Waals surface area contributed by atoms with Gasteiger partial charge in [-0.25, -0.2) is 0 Å². The van der Waals surface area contributed by atoms with Crippen molar-refractivity contribution in [2.75, 3.05) is 36.6 Å². The van der Waals surface area contributed by atoms with Crippen LogP contribution in [-0.2, 0) is 9.59 Å². The zero-order valence-electron chi connectivity index (χ0n) is 18.0. The monoisotopic (exact) mass is 467 g/mol. The lowest BCUT2D eigenvalue weighted by atomic mass is 10.2. The molecule has 4 rings (SSSR count). The molecule has 1 fully saturated rings. The van der Waals surface area contributed by atoms with Crippen molar-refractivity contribution in [1.82, 2.24) is 15.1 Å². The number of aromatic nitrogens is 2. The largest absolute Gasteiger partial charge is 0.378 e. The van der Waals surface area contributed by atoms with E-state index in [2.05, 4.69) is 15.5 Å². The molecule has 2 aromatic carbocycles. The highest BCUT2D eigenvalue weighted by Crippen LogP contribution is 2.29. The second-order valence-corrected chi connectivity index (χ2v) is 9.72. The summed E-state index contributed by atoms with van der Waals surface area (Å²) in [5.41, 5.74) is 2.05. The molecule has 7 nitrogen and oxygen atoms in total. The molecule has 1 saturated heterocycles. The number of carbonyl (C=O) groups is 2. The highest BCUT2D eigenvalue weighted by Gasteiger charge is 2.34. The second-order valence-electron chi connectivity index (χ2n) is 7.69. The van der Waals surface area contributed by atoms with Gasteiger partial charge in [0.1, 0.15) is 11.0 Å². The van der Waals surface area contributed by atoms with Gasteiger partial charge in [-0.15, -0.1) is 22.0 Å². The minimum Gasteiger partial charge on any atom is -0.378 e. The van der Waals surface area contributed by atoms with Gasteiger partial charge in [0.25, 0.3) is 0 Å². The molecule has 1 aliphatic heterocycles. The molecule has 0 aliphatic carbocycles. The van der Waals surface area contributed by atoms with Crippen molar-refractivity contribution in [2.45, 2.75) is 23.8 Å². The first-order chi connectivity index (χ1) is 15.5. The third-order valence-corrected chi connectivity index (χ3v) is 7.15. The first-order valence-corrected chi connectivity index (χ1v) is 12.2. The van der Waals surface area contributed by atoms with Crippen LogP contribution in [0.4, 0.5) is 10.8 Å². The van der Waals surface area contributed by atoms with Crippen molar-refractivity contribution in [2.24, 2.45) is 0 Å². The fraction of sp³-hybridized carbons (Fsp3) is 0.304. The number of amides is 2. The standard InChI is InChI=1S/C23H25N5O2S2/c1-27(2)17-12-10-16(11-13-17)22-25-26-23(32-22)24-21(30)19-9-6-14-28(19)20(29)15-31-18-7-4-3-5-8-18/h3-5,7-8,10-13,19H,6,9,14-15H2,1-2H3,(H,24,26,30). The van der Waals surface area contributed by atoms with Crippen LogP contribution >= 0.6 is 23.1 Å². The predicted molar refractivity (Wildman–Crippen MR) is 130 cm³/mol. The summed E-state index contributed by atoms with van der Waals surface area (Å²) in [5, 5.41) is 12.4. The van der Waals surface area contributed by atoms with Gasteiger partial charge < -0.3 is 9.80 Å². The summed E-state index contributed by atoms with van der Waals surface area (Å²) in [6.07, 6.45) is 1.48. The molecule has 166 valence electrons. The molecule has 32 heavy (non-hydrogen) atoms. The summed E-state index contributed by atoms with van der Waals surface area (Å²) < 4.78 is 0. The van der Waals surface area contributed by atoms with Gasteiger partial charge in [-0.05, 0) is 49.2 Å². The average Bonchev–Trinajstić information content (AvgIpc) is 3.48. The molecule has 2 amide bonds. The van der Waals surface area contributed by atoms with Crippen LogP contribution in [0.15, 0.2) is 59.5 Å². The quantitative estimate of drug-likeness (QED) is 0.530. The summed E-state index contributed by atoms with van der Waals surface area (Å²) >= 11 is 2.82. The summed E-state index contributed by atoms with van der Waals surface area (Å²) in [6, 6.07) is 17.4. The summed E-state index contributed by atoms with van der Waals surface area (Å²) in [7, 11) is 3.98. The second kappa shape index (κ2) is 10.1. The van der Waals surface area contributed by atoms with E-state index in [-0.39, 0.29) is 11.8 Å². The maximum absolute atomic E-state index is 12.9. The topological polar surface area (TPSA) is 78.4 Å². The highest BCUT2D eigenvalue weighted by molar-refractivity contribution is 8.00. The lowest BCUT2D eigenvalue weighted by Gasteiger charge is -2.23. The van der Waals surface area contributed by atoms with E-state index in [9.17, 15) is 9.59 Å². The highest BCUT2D eigenvalue weighted by atomic mass is 32.2. The Balaban J connectivity index is 1.36. The van der Waals surface area contributed by atoms with Crippen molar-refractivity contribution in [3.63, 3.8) is 0 Å². The van der Waals surface area contributed by atoms with Crippen molar-refractivity contribution in [3.05, 3.63) is 54.6 Å². The van der Waals surface area contributed by atoms with Gasteiger partial charge in [-0.2, -0.15) is 0 Å². The molecular weight excluding hydrogens is 442 g/mol. The summed E-state index contributed by atoms with van der Waals surface area (Å²) in [6.45, 7) is 0.603. The third kappa shape index (κ3) is 5.28. The van der Waals surface area contributed by atoms with Crippen LogP contribution in [0.5, 0.6) is 0 Å². The molecule has 1 unspecified atom stereocenters. The van der Waals surface area contributed by atoms with Crippen molar-refractivity contribution < 1.29 is 9.59 Å². The summed E-state index contributed by atoms with van der Waals surface area (Å²) in [5.74, 6) is 0.0984. The van der Waals surface area contributed by atoms with Crippen LogP contribution in [0, 0.1) is 0 Å². The van der Waals surface area contributed by atoms with Crippen LogP contribution in [0.3, 0.4) is 0 Å². The Hall–Kier alpha value is -2.91. The number of nitrogens with one attached hydrogen (secondary N) is 1.